The van der Waals surface area contributed by atoms with Gasteiger partial charge in [-0.1, -0.05) is 41.4 Å². The fourth-order valence-electron chi connectivity index (χ4n) is 2.16. The summed E-state index contributed by atoms with van der Waals surface area (Å²) in [5.74, 6) is -0.320. The minimum Gasteiger partial charge on any atom is -0.508 e. The van der Waals surface area contributed by atoms with Crippen LogP contribution in [-0.4, -0.2) is 16.2 Å². The standard InChI is InChI=1S/C17H10Cl2O4/c18-12-8-10(3-6-13(12)21)15-14(23-17(22)16(15)19)7-9-1-4-11(20)5-2-9/h1-8,20-21H/b14-7-. The molecule has 0 bridgehead atoms. The van der Waals surface area contributed by atoms with Crippen molar-refractivity contribution in [3.05, 3.63) is 69.4 Å². The van der Waals surface area contributed by atoms with Crippen molar-refractivity contribution in [3.8, 4) is 11.5 Å². The fraction of sp³-hybridized carbons (Fsp3) is 0. The molecule has 0 amide bonds. The highest BCUT2D eigenvalue weighted by Gasteiger charge is 2.30. The van der Waals surface area contributed by atoms with E-state index in [9.17, 15) is 15.0 Å². The van der Waals surface area contributed by atoms with Crippen molar-refractivity contribution in [1.29, 1.82) is 0 Å². The van der Waals surface area contributed by atoms with Gasteiger partial charge in [-0.3, -0.25) is 0 Å². The number of hydrogen-bond donors (Lipinski definition) is 2. The Morgan fingerprint density at radius 1 is 1.00 bits per heavy atom. The lowest BCUT2D eigenvalue weighted by Gasteiger charge is -2.06. The zero-order valence-corrected chi connectivity index (χ0v) is 13.1. The van der Waals surface area contributed by atoms with E-state index < -0.39 is 5.97 Å². The van der Waals surface area contributed by atoms with Crippen LogP contribution in [0.5, 0.6) is 11.5 Å². The average molecular weight is 349 g/mol. The van der Waals surface area contributed by atoms with E-state index in [0.29, 0.717) is 11.1 Å². The highest BCUT2D eigenvalue weighted by Crippen LogP contribution is 2.39. The topological polar surface area (TPSA) is 66.8 Å². The van der Waals surface area contributed by atoms with Gasteiger partial charge in [0.15, 0.2) is 0 Å². The summed E-state index contributed by atoms with van der Waals surface area (Å²) in [4.78, 5) is 11.8. The van der Waals surface area contributed by atoms with E-state index in [0.717, 1.165) is 5.56 Å². The number of carbonyl (C=O) groups is 1. The first-order valence-corrected chi connectivity index (χ1v) is 7.33. The number of halogens is 2. The number of rotatable bonds is 2. The first-order valence-electron chi connectivity index (χ1n) is 6.57. The summed E-state index contributed by atoms with van der Waals surface area (Å²) in [7, 11) is 0. The van der Waals surface area contributed by atoms with Gasteiger partial charge in [0.1, 0.15) is 22.3 Å². The summed E-state index contributed by atoms with van der Waals surface area (Å²) in [6.45, 7) is 0. The summed E-state index contributed by atoms with van der Waals surface area (Å²) in [5.41, 5.74) is 1.67. The second kappa shape index (κ2) is 5.99. The molecular weight excluding hydrogens is 339 g/mol. The highest BCUT2D eigenvalue weighted by molar-refractivity contribution is 6.46. The number of esters is 1. The maximum Gasteiger partial charge on any atom is 0.355 e. The van der Waals surface area contributed by atoms with Gasteiger partial charge in [0.2, 0.25) is 0 Å². The Morgan fingerprint density at radius 3 is 2.35 bits per heavy atom. The second-order valence-corrected chi connectivity index (χ2v) is 5.63. The molecule has 0 radical (unpaired) electrons. The van der Waals surface area contributed by atoms with Crippen LogP contribution in [0.1, 0.15) is 11.1 Å². The highest BCUT2D eigenvalue weighted by atomic mass is 35.5. The van der Waals surface area contributed by atoms with E-state index in [1.807, 2.05) is 0 Å². The molecule has 23 heavy (non-hydrogen) atoms. The van der Waals surface area contributed by atoms with Crippen molar-refractivity contribution in [1.82, 2.24) is 0 Å². The van der Waals surface area contributed by atoms with Crippen molar-refractivity contribution in [3.63, 3.8) is 0 Å². The van der Waals surface area contributed by atoms with Crippen LogP contribution in [0.3, 0.4) is 0 Å². The maximum atomic E-state index is 11.8. The molecule has 1 heterocycles. The predicted molar refractivity (Wildman–Crippen MR) is 88.1 cm³/mol. The number of hydrogen-bond acceptors (Lipinski definition) is 4. The summed E-state index contributed by atoms with van der Waals surface area (Å²) < 4.78 is 5.19. The summed E-state index contributed by atoms with van der Waals surface area (Å²) in [5, 5.41) is 18.9. The van der Waals surface area contributed by atoms with E-state index in [4.69, 9.17) is 27.9 Å². The molecule has 0 unspecified atom stereocenters. The van der Waals surface area contributed by atoms with Gasteiger partial charge in [-0.2, -0.15) is 0 Å². The van der Waals surface area contributed by atoms with E-state index in [2.05, 4.69) is 0 Å². The largest absolute Gasteiger partial charge is 0.508 e. The number of benzene rings is 2. The lowest BCUT2D eigenvalue weighted by atomic mass is 10.0. The number of allylic oxidation sites excluding steroid dienone is 1. The number of carbonyl (C=O) groups excluding carboxylic acids is 1. The Bertz CT molecular complexity index is 851. The quantitative estimate of drug-likeness (QED) is 0.794. The van der Waals surface area contributed by atoms with Crippen molar-refractivity contribution in [2.75, 3.05) is 0 Å². The van der Waals surface area contributed by atoms with E-state index >= 15 is 0 Å². The third-order valence-electron chi connectivity index (χ3n) is 3.27. The van der Waals surface area contributed by atoms with Crippen LogP contribution in [0.15, 0.2) is 53.3 Å². The normalized spacial score (nSPS) is 16.1. The molecule has 116 valence electrons. The van der Waals surface area contributed by atoms with Gasteiger partial charge in [-0.25, -0.2) is 4.79 Å². The molecule has 2 N–H and O–H groups in total. The van der Waals surface area contributed by atoms with Crippen LogP contribution in [0.2, 0.25) is 5.02 Å². The molecule has 0 aliphatic carbocycles. The Labute approximate surface area is 141 Å². The van der Waals surface area contributed by atoms with Crippen LogP contribution in [0, 0.1) is 0 Å². The Morgan fingerprint density at radius 2 is 1.70 bits per heavy atom. The Kier molecular flexibility index (Phi) is 4.03. The van der Waals surface area contributed by atoms with Crippen molar-refractivity contribution in [2.45, 2.75) is 0 Å². The van der Waals surface area contributed by atoms with E-state index in [1.54, 1.807) is 24.3 Å². The van der Waals surface area contributed by atoms with Gasteiger partial charge in [0.25, 0.3) is 0 Å². The molecular formula is C17H10Cl2O4. The third-order valence-corrected chi connectivity index (χ3v) is 3.92. The molecule has 6 heteroatoms. The maximum absolute atomic E-state index is 11.8. The van der Waals surface area contributed by atoms with Gasteiger partial charge >= 0.3 is 5.97 Å². The number of ether oxygens (including phenoxy) is 1. The van der Waals surface area contributed by atoms with E-state index in [1.165, 1.54) is 24.3 Å². The lowest BCUT2D eigenvalue weighted by Crippen LogP contribution is -1.93. The molecule has 0 aromatic heterocycles. The summed E-state index contributed by atoms with van der Waals surface area (Å²) in [6, 6.07) is 10.9. The van der Waals surface area contributed by atoms with Crippen LogP contribution < -0.4 is 0 Å². The zero-order chi connectivity index (χ0) is 16.6. The second-order valence-electron chi connectivity index (χ2n) is 4.84. The van der Waals surface area contributed by atoms with Gasteiger partial charge in [0, 0.05) is 0 Å². The molecule has 0 saturated heterocycles. The number of phenolic OH excluding ortho intramolecular Hbond substituents is 2. The fourth-order valence-corrected chi connectivity index (χ4v) is 2.58. The average Bonchev–Trinajstić information content (AvgIpc) is 2.79. The first kappa shape index (κ1) is 15.5. The minimum atomic E-state index is -0.657. The molecule has 3 rings (SSSR count). The van der Waals surface area contributed by atoms with Crippen molar-refractivity contribution >= 4 is 40.8 Å². The molecule has 4 nitrogen and oxygen atoms in total. The summed E-state index contributed by atoms with van der Waals surface area (Å²) >= 11 is 12.0. The number of aromatic hydroxyl groups is 2. The molecule has 0 atom stereocenters. The predicted octanol–water partition coefficient (Wildman–Crippen LogP) is 4.30. The van der Waals surface area contributed by atoms with Gasteiger partial charge in [0.05, 0.1) is 10.6 Å². The van der Waals surface area contributed by atoms with Crippen LogP contribution >= 0.6 is 23.2 Å². The molecule has 2 aromatic rings. The minimum absolute atomic E-state index is 0.0585. The summed E-state index contributed by atoms with van der Waals surface area (Å²) in [6.07, 6.45) is 1.63. The van der Waals surface area contributed by atoms with Crippen LogP contribution in [0.25, 0.3) is 11.6 Å². The lowest BCUT2D eigenvalue weighted by molar-refractivity contribution is -0.132. The molecule has 0 spiro atoms. The number of phenols is 2. The van der Waals surface area contributed by atoms with E-state index in [-0.39, 0.29) is 27.3 Å². The third kappa shape index (κ3) is 3.04. The Balaban J connectivity index is 2.08. The van der Waals surface area contributed by atoms with Crippen molar-refractivity contribution in [2.24, 2.45) is 0 Å². The van der Waals surface area contributed by atoms with Gasteiger partial charge in [-0.05, 0) is 41.5 Å². The SMILES string of the molecule is O=C1O/C(=C\c2ccc(O)cc2)C(c2ccc(O)c(Cl)c2)=C1Cl. The monoisotopic (exact) mass is 348 g/mol. The Hall–Kier alpha value is -2.43. The van der Waals surface area contributed by atoms with Crippen molar-refractivity contribution < 1.29 is 19.7 Å². The molecule has 0 fully saturated rings. The van der Waals surface area contributed by atoms with Crippen LogP contribution in [0.4, 0.5) is 0 Å². The molecule has 2 aromatic carbocycles. The molecule has 0 saturated carbocycles. The number of cyclic esters (lactones) is 1. The van der Waals surface area contributed by atoms with Gasteiger partial charge < -0.3 is 14.9 Å². The smallest absolute Gasteiger partial charge is 0.355 e. The zero-order valence-electron chi connectivity index (χ0n) is 11.6. The molecule has 1 aliphatic rings. The van der Waals surface area contributed by atoms with Gasteiger partial charge in [-0.15, -0.1) is 0 Å². The first-order chi connectivity index (χ1) is 11.0. The molecule has 1 aliphatic heterocycles. The van der Waals surface area contributed by atoms with Crippen LogP contribution in [-0.2, 0) is 9.53 Å².